The van der Waals surface area contributed by atoms with Gasteiger partial charge in [-0.05, 0) is 42.8 Å². The van der Waals surface area contributed by atoms with Gasteiger partial charge < -0.3 is 20.5 Å². The lowest BCUT2D eigenvalue weighted by molar-refractivity contribution is -0.137. The third-order valence-electron chi connectivity index (χ3n) is 3.61. The summed E-state index contributed by atoms with van der Waals surface area (Å²) in [5, 5.41) is 2.47. The third kappa shape index (κ3) is 4.89. The van der Waals surface area contributed by atoms with Crippen LogP contribution in [0.25, 0.3) is 0 Å². The summed E-state index contributed by atoms with van der Waals surface area (Å²) in [4.78, 5) is 12.5. The minimum Gasteiger partial charge on any atom is -0.489 e. The Bertz CT molecular complexity index is 792. The number of nitrogens with one attached hydrogen (secondary N) is 1. The number of aryl methyl sites for hydroxylation is 1. The Kier molecular flexibility index (Phi) is 6.10. The first-order chi connectivity index (χ1) is 12.2. The molecular weight excluding hydrogens is 349 g/mol. The van der Waals surface area contributed by atoms with Gasteiger partial charge in [0.25, 0.3) is 5.91 Å². The van der Waals surface area contributed by atoms with Gasteiger partial charge in [0.2, 0.25) is 0 Å². The molecule has 2 aromatic rings. The molecule has 0 aliphatic heterocycles. The van der Waals surface area contributed by atoms with Crippen molar-refractivity contribution in [2.45, 2.75) is 13.1 Å². The number of carbonyl (C=O) groups excluding carboxylic acids is 1. The number of benzene rings is 2. The smallest absolute Gasteiger partial charge is 0.416 e. The van der Waals surface area contributed by atoms with E-state index in [0.29, 0.717) is 11.3 Å². The topological polar surface area (TPSA) is 73.6 Å². The minimum atomic E-state index is -4.54. The van der Waals surface area contributed by atoms with Crippen molar-refractivity contribution in [1.82, 2.24) is 0 Å². The number of alkyl halides is 3. The van der Waals surface area contributed by atoms with Crippen LogP contribution in [0.1, 0.15) is 21.5 Å². The Hall–Kier alpha value is -2.74. The highest BCUT2D eigenvalue weighted by Gasteiger charge is 2.31. The van der Waals surface area contributed by atoms with Crippen LogP contribution < -0.4 is 15.8 Å². The number of rotatable bonds is 6. The number of anilines is 2. The van der Waals surface area contributed by atoms with Crippen molar-refractivity contribution in [3.8, 4) is 5.75 Å². The summed E-state index contributed by atoms with van der Waals surface area (Å²) in [7, 11) is 1.47. The molecule has 2 aromatic carbocycles. The molecule has 140 valence electrons. The highest BCUT2D eigenvalue weighted by molar-refractivity contribution is 6.06. The molecule has 0 fully saturated rings. The molecule has 8 heteroatoms. The average Bonchev–Trinajstić information content (AvgIpc) is 2.57. The van der Waals surface area contributed by atoms with E-state index in [1.54, 1.807) is 19.1 Å². The van der Waals surface area contributed by atoms with Crippen molar-refractivity contribution in [2.75, 3.05) is 31.4 Å². The molecule has 5 nitrogen and oxygen atoms in total. The summed E-state index contributed by atoms with van der Waals surface area (Å²) in [6.45, 7) is 2.08. The van der Waals surface area contributed by atoms with Crippen LogP contribution in [0, 0.1) is 6.92 Å². The zero-order valence-electron chi connectivity index (χ0n) is 14.3. The van der Waals surface area contributed by atoms with E-state index in [-0.39, 0.29) is 30.2 Å². The zero-order chi connectivity index (χ0) is 19.3. The summed E-state index contributed by atoms with van der Waals surface area (Å²) >= 11 is 0. The van der Waals surface area contributed by atoms with E-state index in [9.17, 15) is 18.0 Å². The van der Waals surface area contributed by atoms with E-state index >= 15 is 0 Å². The van der Waals surface area contributed by atoms with Crippen LogP contribution in [0.4, 0.5) is 24.5 Å². The molecule has 0 heterocycles. The standard InChI is InChI=1S/C18H19F3N2O3/c1-11-3-5-13(22)10-14(11)17(24)23-15-9-12(18(19,20)21)4-6-16(15)26-8-7-25-2/h3-6,9-10H,7-8,22H2,1-2H3,(H,23,24). The lowest BCUT2D eigenvalue weighted by atomic mass is 10.1. The van der Waals surface area contributed by atoms with Crippen LogP contribution in [0.2, 0.25) is 0 Å². The van der Waals surface area contributed by atoms with Crippen LogP contribution in [0.5, 0.6) is 5.75 Å². The molecule has 0 atom stereocenters. The quantitative estimate of drug-likeness (QED) is 0.600. The normalized spacial score (nSPS) is 11.3. The van der Waals surface area contributed by atoms with Gasteiger partial charge in [-0.3, -0.25) is 4.79 Å². The number of ether oxygens (including phenoxy) is 2. The number of hydrogen-bond donors (Lipinski definition) is 2. The van der Waals surface area contributed by atoms with Crippen LogP contribution in [-0.2, 0) is 10.9 Å². The van der Waals surface area contributed by atoms with E-state index in [1.165, 1.54) is 19.2 Å². The van der Waals surface area contributed by atoms with Crippen molar-refractivity contribution >= 4 is 17.3 Å². The number of nitrogen functional groups attached to an aromatic ring is 1. The Balaban J connectivity index is 2.34. The Morgan fingerprint density at radius 2 is 1.88 bits per heavy atom. The Morgan fingerprint density at radius 3 is 2.54 bits per heavy atom. The number of nitrogens with two attached hydrogens (primary N) is 1. The molecule has 0 aliphatic rings. The van der Waals surface area contributed by atoms with Gasteiger partial charge in [0.15, 0.2) is 0 Å². The van der Waals surface area contributed by atoms with Gasteiger partial charge in [0.1, 0.15) is 12.4 Å². The number of hydrogen-bond acceptors (Lipinski definition) is 4. The highest BCUT2D eigenvalue weighted by Crippen LogP contribution is 2.35. The highest BCUT2D eigenvalue weighted by atomic mass is 19.4. The lowest BCUT2D eigenvalue weighted by Crippen LogP contribution is -2.16. The van der Waals surface area contributed by atoms with Gasteiger partial charge in [0, 0.05) is 18.4 Å². The van der Waals surface area contributed by atoms with E-state index in [2.05, 4.69) is 5.32 Å². The molecular formula is C18H19F3N2O3. The molecule has 0 saturated carbocycles. The van der Waals surface area contributed by atoms with Crippen LogP contribution in [0.15, 0.2) is 36.4 Å². The second-order valence-electron chi connectivity index (χ2n) is 5.58. The van der Waals surface area contributed by atoms with Gasteiger partial charge in [-0.25, -0.2) is 0 Å². The fraction of sp³-hybridized carbons (Fsp3) is 0.278. The molecule has 3 N–H and O–H groups in total. The molecule has 2 rings (SSSR count). The fourth-order valence-corrected chi connectivity index (χ4v) is 2.24. The van der Waals surface area contributed by atoms with Crippen LogP contribution >= 0.6 is 0 Å². The maximum absolute atomic E-state index is 13.0. The van der Waals surface area contributed by atoms with E-state index < -0.39 is 17.6 Å². The van der Waals surface area contributed by atoms with Crippen molar-refractivity contribution in [2.24, 2.45) is 0 Å². The Labute approximate surface area is 148 Å². The predicted octanol–water partition coefficient (Wildman–Crippen LogP) is 3.87. The van der Waals surface area contributed by atoms with Gasteiger partial charge in [0.05, 0.1) is 17.9 Å². The van der Waals surface area contributed by atoms with E-state index in [0.717, 1.165) is 12.1 Å². The van der Waals surface area contributed by atoms with Gasteiger partial charge in [-0.2, -0.15) is 13.2 Å². The first kappa shape index (κ1) is 19.6. The number of methoxy groups -OCH3 is 1. The van der Waals surface area contributed by atoms with Gasteiger partial charge >= 0.3 is 6.18 Å². The SMILES string of the molecule is COCCOc1ccc(C(F)(F)F)cc1NC(=O)c1cc(N)ccc1C. The summed E-state index contributed by atoms with van der Waals surface area (Å²) in [5.74, 6) is -0.462. The number of carbonyl (C=O) groups is 1. The fourth-order valence-electron chi connectivity index (χ4n) is 2.24. The van der Waals surface area contributed by atoms with Crippen molar-refractivity contribution in [1.29, 1.82) is 0 Å². The Morgan fingerprint density at radius 1 is 1.15 bits per heavy atom. The largest absolute Gasteiger partial charge is 0.489 e. The average molecular weight is 368 g/mol. The molecule has 0 saturated heterocycles. The minimum absolute atomic E-state index is 0.0808. The molecule has 0 bridgehead atoms. The number of amides is 1. The second-order valence-corrected chi connectivity index (χ2v) is 5.58. The molecule has 0 aliphatic carbocycles. The van der Waals surface area contributed by atoms with Gasteiger partial charge in [-0.1, -0.05) is 6.07 Å². The maximum atomic E-state index is 13.0. The lowest BCUT2D eigenvalue weighted by Gasteiger charge is -2.16. The molecule has 0 spiro atoms. The molecule has 0 aromatic heterocycles. The monoisotopic (exact) mass is 368 g/mol. The van der Waals surface area contributed by atoms with Crippen molar-refractivity contribution in [3.63, 3.8) is 0 Å². The summed E-state index contributed by atoms with van der Waals surface area (Å²) in [6.07, 6.45) is -4.54. The second kappa shape index (κ2) is 8.09. The molecule has 1 amide bonds. The predicted molar refractivity (Wildman–Crippen MR) is 92.4 cm³/mol. The van der Waals surface area contributed by atoms with Crippen LogP contribution in [0.3, 0.4) is 0 Å². The third-order valence-corrected chi connectivity index (χ3v) is 3.61. The molecule has 0 radical (unpaired) electrons. The first-order valence-corrected chi connectivity index (χ1v) is 7.73. The summed E-state index contributed by atoms with van der Waals surface area (Å²) in [6, 6.07) is 7.65. The first-order valence-electron chi connectivity index (χ1n) is 7.73. The van der Waals surface area contributed by atoms with Crippen molar-refractivity contribution in [3.05, 3.63) is 53.1 Å². The summed E-state index contributed by atoms with van der Waals surface area (Å²) < 4.78 is 49.2. The summed E-state index contributed by atoms with van der Waals surface area (Å²) in [5.41, 5.74) is 6.00. The van der Waals surface area contributed by atoms with Gasteiger partial charge in [-0.15, -0.1) is 0 Å². The molecule has 0 unspecified atom stereocenters. The van der Waals surface area contributed by atoms with Crippen LogP contribution in [-0.4, -0.2) is 26.2 Å². The van der Waals surface area contributed by atoms with E-state index in [1.807, 2.05) is 0 Å². The number of halogens is 3. The van der Waals surface area contributed by atoms with E-state index in [4.69, 9.17) is 15.2 Å². The molecule has 26 heavy (non-hydrogen) atoms. The maximum Gasteiger partial charge on any atom is 0.416 e. The zero-order valence-corrected chi connectivity index (χ0v) is 14.3. The van der Waals surface area contributed by atoms with Crippen molar-refractivity contribution < 1.29 is 27.4 Å².